The first-order chi connectivity index (χ1) is 25.8. The smallest absolute Gasteiger partial charge is 0.259 e. The number of rotatable bonds is 20. The Bertz CT molecular complexity index is 1860. The number of carbonyl (C=O) groups excluding carboxylic acids is 1. The topological polar surface area (TPSA) is 115 Å². The number of hydrogen-bond acceptors (Lipinski definition) is 8. The van der Waals surface area contributed by atoms with E-state index in [4.69, 9.17) is 24.3 Å². The molecule has 278 valence electrons. The highest BCUT2D eigenvalue weighted by atomic mass is 31.2. The molecular formula is C42H51N6O4P. The van der Waals surface area contributed by atoms with E-state index in [1.54, 1.807) is 7.11 Å². The van der Waals surface area contributed by atoms with Gasteiger partial charge in [-0.1, -0.05) is 90.9 Å². The lowest BCUT2D eigenvalue weighted by molar-refractivity contribution is 0.0952. The summed E-state index contributed by atoms with van der Waals surface area (Å²) in [5, 5.41) is 21.4. The van der Waals surface area contributed by atoms with Crippen molar-refractivity contribution in [1.82, 2.24) is 25.0 Å². The van der Waals surface area contributed by atoms with Gasteiger partial charge in [0.15, 0.2) is 0 Å². The zero-order valence-electron chi connectivity index (χ0n) is 31.4. The van der Waals surface area contributed by atoms with Crippen molar-refractivity contribution >= 4 is 25.5 Å². The van der Waals surface area contributed by atoms with Crippen molar-refractivity contribution in [1.29, 1.82) is 5.26 Å². The lowest BCUT2D eigenvalue weighted by Crippen LogP contribution is -2.38. The quantitative estimate of drug-likeness (QED) is 0.0479. The standard InChI is InChI=1S/C42H51N6O4P/c1-32(2)47(33(3)4)53(52-30-16-27-43)51-29-15-7-6-14-28-44-41(49)34-21-26-40-39(31-34)45-46-48(40)42(35-17-10-8-11-18-35,36-19-12-9-13-20-36)37-22-24-38(50-5)25-23-37/h8-13,17-26,31-33H,6-7,14-16,28-30H2,1-5H3,(H,44,49). The second-order valence-electron chi connectivity index (χ2n) is 13.4. The number of nitrogens with one attached hydrogen (secondary N) is 1. The van der Waals surface area contributed by atoms with Crippen LogP contribution in [0.25, 0.3) is 11.0 Å². The average Bonchev–Trinajstić information content (AvgIpc) is 3.60. The lowest BCUT2D eigenvalue weighted by atomic mass is 9.77. The van der Waals surface area contributed by atoms with E-state index in [-0.39, 0.29) is 18.0 Å². The Balaban J connectivity index is 1.24. The molecule has 0 radical (unpaired) electrons. The third-order valence-electron chi connectivity index (χ3n) is 9.14. The van der Waals surface area contributed by atoms with Crippen molar-refractivity contribution in [3.63, 3.8) is 0 Å². The van der Waals surface area contributed by atoms with Gasteiger partial charge in [-0.15, -0.1) is 5.10 Å². The van der Waals surface area contributed by atoms with Crippen LogP contribution in [0.2, 0.25) is 0 Å². The second-order valence-corrected chi connectivity index (χ2v) is 14.9. The predicted molar refractivity (Wildman–Crippen MR) is 211 cm³/mol. The van der Waals surface area contributed by atoms with E-state index in [1.807, 2.05) is 71.4 Å². The van der Waals surface area contributed by atoms with Gasteiger partial charge >= 0.3 is 0 Å². The number of unbranched alkanes of at least 4 members (excludes halogenated alkanes) is 3. The number of aromatic nitrogens is 3. The minimum Gasteiger partial charge on any atom is -0.497 e. The molecule has 1 heterocycles. The molecule has 1 N–H and O–H groups in total. The maximum absolute atomic E-state index is 13.3. The molecule has 0 bridgehead atoms. The monoisotopic (exact) mass is 734 g/mol. The summed E-state index contributed by atoms with van der Waals surface area (Å²) in [4.78, 5) is 13.3. The fraction of sp³-hybridized carbons (Fsp3) is 0.381. The molecule has 1 atom stereocenters. The molecule has 1 aromatic heterocycles. The molecule has 0 saturated carbocycles. The van der Waals surface area contributed by atoms with Gasteiger partial charge in [-0.05, 0) is 87.6 Å². The SMILES string of the molecule is COc1ccc(C(c2ccccc2)(c2ccccc2)n2nnc3cc(C(=O)NCCCCCCOP(OCCC#N)N(C(C)C)C(C)C)ccc32)cc1. The minimum atomic E-state index is -1.22. The molecule has 0 fully saturated rings. The van der Waals surface area contributed by atoms with Gasteiger partial charge < -0.3 is 19.1 Å². The third-order valence-corrected chi connectivity index (χ3v) is 11.2. The number of hydrogen-bond donors (Lipinski definition) is 1. The van der Waals surface area contributed by atoms with Crippen LogP contribution in [0.5, 0.6) is 5.75 Å². The van der Waals surface area contributed by atoms with Crippen LogP contribution in [-0.4, -0.2) is 64.5 Å². The van der Waals surface area contributed by atoms with E-state index < -0.39 is 14.1 Å². The maximum Gasteiger partial charge on any atom is 0.259 e. The van der Waals surface area contributed by atoms with E-state index in [2.05, 4.69) is 85.2 Å². The maximum atomic E-state index is 13.3. The highest BCUT2D eigenvalue weighted by molar-refractivity contribution is 7.44. The summed E-state index contributed by atoms with van der Waals surface area (Å²) in [6, 6.07) is 36.9. The Morgan fingerprint density at radius 3 is 2.04 bits per heavy atom. The first-order valence-electron chi connectivity index (χ1n) is 18.4. The Morgan fingerprint density at radius 2 is 1.43 bits per heavy atom. The molecular weight excluding hydrogens is 683 g/mol. The molecule has 4 aromatic carbocycles. The summed E-state index contributed by atoms with van der Waals surface area (Å²) in [5.74, 6) is 0.625. The number of fused-ring (bicyclic) bond motifs is 1. The fourth-order valence-corrected chi connectivity index (χ4v) is 8.34. The number of carbonyl (C=O) groups is 1. The van der Waals surface area contributed by atoms with Crippen LogP contribution >= 0.6 is 8.53 Å². The first-order valence-corrected chi connectivity index (χ1v) is 19.5. The molecule has 10 nitrogen and oxygen atoms in total. The average molecular weight is 735 g/mol. The molecule has 0 saturated heterocycles. The van der Waals surface area contributed by atoms with Crippen LogP contribution in [0.1, 0.15) is 86.8 Å². The summed E-state index contributed by atoms with van der Waals surface area (Å²) >= 11 is 0. The molecule has 5 rings (SSSR count). The van der Waals surface area contributed by atoms with Crippen LogP contribution in [0.3, 0.4) is 0 Å². The van der Waals surface area contributed by atoms with Crippen LogP contribution in [0.15, 0.2) is 103 Å². The van der Waals surface area contributed by atoms with Crippen LogP contribution in [0, 0.1) is 11.3 Å². The molecule has 0 aliphatic carbocycles. The Morgan fingerprint density at radius 1 is 0.830 bits per heavy atom. The molecule has 53 heavy (non-hydrogen) atoms. The molecule has 11 heteroatoms. The van der Waals surface area contributed by atoms with Gasteiger partial charge in [0.25, 0.3) is 14.4 Å². The van der Waals surface area contributed by atoms with Crippen molar-refractivity contribution < 1.29 is 18.6 Å². The summed E-state index contributed by atoms with van der Waals surface area (Å²) < 4.78 is 21.9. The lowest BCUT2D eigenvalue weighted by Gasteiger charge is -2.36. The second kappa shape index (κ2) is 19.4. The minimum absolute atomic E-state index is 0.139. The van der Waals surface area contributed by atoms with Crippen LogP contribution < -0.4 is 10.1 Å². The number of nitriles is 1. The van der Waals surface area contributed by atoms with Gasteiger partial charge in [-0.25, -0.2) is 9.35 Å². The van der Waals surface area contributed by atoms with Crippen molar-refractivity contribution in [2.75, 3.05) is 26.9 Å². The molecule has 0 aliphatic heterocycles. The van der Waals surface area contributed by atoms with Gasteiger partial charge in [-0.2, -0.15) is 5.26 Å². The summed E-state index contributed by atoms with van der Waals surface area (Å²) in [5.41, 5.74) is 4.16. The Labute approximate surface area is 315 Å². The molecule has 1 unspecified atom stereocenters. The van der Waals surface area contributed by atoms with E-state index in [1.165, 1.54) is 0 Å². The van der Waals surface area contributed by atoms with E-state index in [9.17, 15) is 4.79 Å². The van der Waals surface area contributed by atoms with Gasteiger partial charge in [0, 0.05) is 24.2 Å². The number of benzene rings is 4. The number of amides is 1. The highest BCUT2D eigenvalue weighted by Crippen LogP contribution is 2.46. The Hall–Kier alpha value is -4.65. The molecule has 0 spiro atoms. The van der Waals surface area contributed by atoms with Crippen molar-refractivity contribution in [3.8, 4) is 11.8 Å². The largest absolute Gasteiger partial charge is 0.497 e. The number of methoxy groups -OCH3 is 1. The summed E-state index contributed by atoms with van der Waals surface area (Å²) in [6.45, 7) is 10.1. The zero-order valence-corrected chi connectivity index (χ0v) is 32.3. The number of ether oxygens (including phenoxy) is 1. The van der Waals surface area contributed by atoms with Crippen LogP contribution in [-0.2, 0) is 14.6 Å². The molecule has 5 aromatic rings. The van der Waals surface area contributed by atoms with E-state index >= 15 is 0 Å². The zero-order chi connectivity index (χ0) is 37.6. The van der Waals surface area contributed by atoms with Crippen molar-refractivity contribution in [3.05, 3.63) is 125 Å². The predicted octanol–water partition coefficient (Wildman–Crippen LogP) is 8.86. The van der Waals surface area contributed by atoms with Gasteiger partial charge in [0.05, 0.1) is 38.3 Å². The van der Waals surface area contributed by atoms with Crippen LogP contribution in [0.4, 0.5) is 0 Å². The normalized spacial score (nSPS) is 12.4. The molecule has 0 aliphatic rings. The van der Waals surface area contributed by atoms with Gasteiger partial charge in [0.1, 0.15) is 16.8 Å². The highest BCUT2D eigenvalue weighted by Gasteiger charge is 2.41. The number of nitrogens with zero attached hydrogens (tertiary/aromatic N) is 5. The van der Waals surface area contributed by atoms with E-state index in [0.29, 0.717) is 37.3 Å². The van der Waals surface area contributed by atoms with Gasteiger partial charge in [-0.3, -0.25) is 4.79 Å². The van der Waals surface area contributed by atoms with Crippen molar-refractivity contribution in [2.24, 2.45) is 0 Å². The third kappa shape index (κ3) is 9.48. The van der Waals surface area contributed by atoms with Crippen molar-refractivity contribution in [2.45, 2.75) is 77.4 Å². The fourth-order valence-electron chi connectivity index (χ4n) is 6.71. The first kappa shape index (κ1) is 39.6. The Kier molecular flexibility index (Phi) is 14.5. The molecule has 1 amide bonds. The van der Waals surface area contributed by atoms with E-state index in [0.717, 1.165) is 53.6 Å². The van der Waals surface area contributed by atoms with Gasteiger partial charge in [0.2, 0.25) is 0 Å². The summed E-state index contributed by atoms with van der Waals surface area (Å²) in [7, 11) is 0.439. The summed E-state index contributed by atoms with van der Waals surface area (Å²) in [6.07, 6.45) is 4.05.